The molecule has 0 bridgehead atoms. The summed E-state index contributed by atoms with van der Waals surface area (Å²) >= 11 is 0. The molecule has 3 heteroatoms. The van der Waals surface area contributed by atoms with Gasteiger partial charge in [0.05, 0.1) is 13.0 Å². The van der Waals surface area contributed by atoms with Gasteiger partial charge < -0.3 is 10.1 Å². The van der Waals surface area contributed by atoms with Gasteiger partial charge in [0.25, 0.3) is 0 Å². The van der Waals surface area contributed by atoms with Crippen LogP contribution in [0.4, 0.5) is 5.69 Å². The Labute approximate surface area is 164 Å². The van der Waals surface area contributed by atoms with Crippen molar-refractivity contribution in [1.29, 1.82) is 0 Å². The van der Waals surface area contributed by atoms with Gasteiger partial charge in [-0.05, 0) is 74.0 Å². The number of fused-ring (bicyclic) bond motifs is 1. The van der Waals surface area contributed by atoms with Crippen LogP contribution in [0.2, 0.25) is 0 Å². The summed E-state index contributed by atoms with van der Waals surface area (Å²) in [6.07, 6.45) is 13.9. The predicted molar refractivity (Wildman–Crippen MR) is 110 cm³/mol. The minimum atomic E-state index is 0.00170. The maximum Gasteiger partial charge on any atom is 0.308 e. The number of benzene rings is 1. The Bertz CT molecular complexity index is 620. The summed E-state index contributed by atoms with van der Waals surface area (Å²) in [6, 6.07) is 9.86. The standard InChI is InChI=1S/C24H35NO2/c1-27-24(26)20-12-15-22-19(16-20)8-5-9-23(22)25-21-13-10-18(11-14-21)17-6-3-2-4-7-17/h10-11,13-14,17,19-20,22-23,25H,2-9,12,15-16H2,1H3. The molecular weight excluding hydrogens is 334 g/mol. The molecule has 0 heterocycles. The summed E-state index contributed by atoms with van der Waals surface area (Å²) in [5.41, 5.74) is 2.80. The molecule has 148 valence electrons. The molecule has 3 nitrogen and oxygen atoms in total. The largest absolute Gasteiger partial charge is 0.469 e. The number of rotatable bonds is 4. The van der Waals surface area contributed by atoms with Crippen LogP contribution < -0.4 is 5.32 Å². The molecule has 3 aliphatic carbocycles. The molecule has 3 saturated carbocycles. The molecule has 0 aliphatic heterocycles. The third kappa shape index (κ3) is 4.33. The molecule has 1 aromatic rings. The highest BCUT2D eigenvalue weighted by Gasteiger charge is 2.40. The van der Waals surface area contributed by atoms with Crippen LogP contribution >= 0.6 is 0 Å². The number of anilines is 1. The summed E-state index contributed by atoms with van der Waals surface area (Å²) in [5.74, 6) is 2.29. The minimum absolute atomic E-state index is 0.00170. The summed E-state index contributed by atoms with van der Waals surface area (Å²) in [5, 5.41) is 3.85. The molecule has 3 aliphatic rings. The second-order valence-electron chi connectivity index (χ2n) is 9.10. The zero-order valence-corrected chi connectivity index (χ0v) is 16.8. The SMILES string of the molecule is COC(=O)C1CCC2C(CCCC2Nc2ccc(C3CCCCC3)cc2)C1. The van der Waals surface area contributed by atoms with E-state index in [9.17, 15) is 4.79 Å². The number of hydrogen-bond donors (Lipinski definition) is 1. The highest BCUT2D eigenvalue weighted by Crippen LogP contribution is 2.44. The van der Waals surface area contributed by atoms with Gasteiger partial charge >= 0.3 is 5.97 Å². The Morgan fingerprint density at radius 2 is 1.70 bits per heavy atom. The van der Waals surface area contributed by atoms with E-state index >= 15 is 0 Å². The van der Waals surface area contributed by atoms with Gasteiger partial charge in [-0.1, -0.05) is 44.2 Å². The van der Waals surface area contributed by atoms with Crippen LogP contribution in [0.25, 0.3) is 0 Å². The second kappa shape index (κ2) is 8.67. The first kappa shape index (κ1) is 18.8. The lowest BCUT2D eigenvalue weighted by Gasteiger charge is -2.43. The fourth-order valence-corrected chi connectivity index (χ4v) is 6.02. The van der Waals surface area contributed by atoms with Crippen LogP contribution in [0.15, 0.2) is 24.3 Å². The zero-order chi connectivity index (χ0) is 18.6. The van der Waals surface area contributed by atoms with Crippen molar-refractivity contribution in [2.45, 2.75) is 82.6 Å². The molecule has 1 aromatic carbocycles. The van der Waals surface area contributed by atoms with E-state index in [2.05, 4.69) is 29.6 Å². The number of nitrogens with one attached hydrogen (secondary N) is 1. The van der Waals surface area contributed by atoms with Crippen molar-refractivity contribution >= 4 is 11.7 Å². The van der Waals surface area contributed by atoms with Crippen LogP contribution in [0, 0.1) is 17.8 Å². The molecule has 0 radical (unpaired) electrons. The lowest BCUT2D eigenvalue weighted by Crippen LogP contribution is -2.42. The number of carbonyl (C=O) groups is 1. The molecule has 3 fully saturated rings. The van der Waals surface area contributed by atoms with Gasteiger partial charge in [-0.3, -0.25) is 4.79 Å². The van der Waals surface area contributed by atoms with Crippen LogP contribution in [-0.4, -0.2) is 19.1 Å². The minimum Gasteiger partial charge on any atom is -0.469 e. The predicted octanol–water partition coefficient (Wildman–Crippen LogP) is 5.90. The zero-order valence-electron chi connectivity index (χ0n) is 16.8. The van der Waals surface area contributed by atoms with Crippen LogP contribution in [0.5, 0.6) is 0 Å². The van der Waals surface area contributed by atoms with Crippen LogP contribution in [0.1, 0.15) is 82.1 Å². The molecule has 4 rings (SSSR count). The van der Waals surface area contributed by atoms with Gasteiger partial charge in [0, 0.05) is 11.7 Å². The first-order valence-corrected chi connectivity index (χ1v) is 11.2. The number of carbonyl (C=O) groups excluding carboxylic acids is 1. The first-order valence-electron chi connectivity index (χ1n) is 11.2. The maximum absolute atomic E-state index is 11.9. The molecule has 0 saturated heterocycles. The van der Waals surface area contributed by atoms with Crippen molar-refractivity contribution in [2.24, 2.45) is 17.8 Å². The Balaban J connectivity index is 1.37. The highest BCUT2D eigenvalue weighted by atomic mass is 16.5. The van der Waals surface area contributed by atoms with Gasteiger partial charge in [-0.2, -0.15) is 0 Å². The van der Waals surface area contributed by atoms with Crippen molar-refractivity contribution < 1.29 is 9.53 Å². The number of methoxy groups -OCH3 is 1. The van der Waals surface area contributed by atoms with Crippen molar-refractivity contribution in [3.8, 4) is 0 Å². The lowest BCUT2D eigenvalue weighted by molar-refractivity contribution is -0.148. The van der Waals surface area contributed by atoms with E-state index < -0.39 is 0 Å². The average Bonchev–Trinajstić information content (AvgIpc) is 2.74. The highest BCUT2D eigenvalue weighted by molar-refractivity contribution is 5.72. The van der Waals surface area contributed by atoms with E-state index in [-0.39, 0.29) is 11.9 Å². The van der Waals surface area contributed by atoms with E-state index in [1.54, 1.807) is 0 Å². The van der Waals surface area contributed by atoms with Gasteiger partial charge in [-0.25, -0.2) is 0 Å². The molecule has 0 amide bonds. The van der Waals surface area contributed by atoms with Crippen molar-refractivity contribution in [3.05, 3.63) is 29.8 Å². The lowest BCUT2D eigenvalue weighted by atomic mass is 9.65. The topological polar surface area (TPSA) is 38.3 Å². The smallest absolute Gasteiger partial charge is 0.308 e. The second-order valence-corrected chi connectivity index (χ2v) is 9.10. The van der Waals surface area contributed by atoms with Gasteiger partial charge in [0.2, 0.25) is 0 Å². The molecule has 1 N–H and O–H groups in total. The van der Waals surface area contributed by atoms with Crippen LogP contribution in [-0.2, 0) is 9.53 Å². The monoisotopic (exact) mass is 369 g/mol. The normalized spacial score (nSPS) is 31.7. The first-order chi connectivity index (χ1) is 13.2. The van der Waals surface area contributed by atoms with Crippen molar-refractivity contribution in [1.82, 2.24) is 0 Å². The molecule has 27 heavy (non-hydrogen) atoms. The third-order valence-electron chi connectivity index (χ3n) is 7.52. The van der Waals surface area contributed by atoms with Gasteiger partial charge in [0.1, 0.15) is 0 Å². The van der Waals surface area contributed by atoms with E-state index in [1.807, 2.05) is 0 Å². The van der Waals surface area contributed by atoms with Crippen LogP contribution in [0.3, 0.4) is 0 Å². The molecule has 0 spiro atoms. The fourth-order valence-electron chi connectivity index (χ4n) is 6.02. The van der Waals surface area contributed by atoms with E-state index in [4.69, 9.17) is 4.74 Å². The summed E-state index contributed by atoms with van der Waals surface area (Å²) in [4.78, 5) is 11.9. The average molecular weight is 370 g/mol. The maximum atomic E-state index is 11.9. The Kier molecular flexibility index (Phi) is 6.04. The summed E-state index contributed by atoms with van der Waals surface area (Å²) in [6.45, 7) is 0. The fraction of sp³-hybridized carbons (Fsp3) is 0.708. The van der Waals surface area contributed by atoms with Gasteiger partial charge in [-0.15, -0.1) is 0 Å². The third-order valence-corrected chi connectivity index (χ3v) is 7.52. The quantitative estimate of drug-likeness (QED) is 0.671. The number of esters is 1. The van der Waals surface area contributed by atoms with Gasteiger partial charge in [0.15, 0.2) is 0 Å². The van der Waals surface area contributed by atoms with Crippen molar-refractivity contribution in [2.75, 3.05) is 12.4 Å². The molecule has 4 unspecified atom stereocenters. The summed E-state index contributed by atoms with van der Waals surface area (Å²) < 4.78 is 5.00. The number of ether oxygens (including phenoxy) is 1. The summed E-state index contributed by atoms with van der Waals surface area (Å²) in [7, 11) is 1.52. The Morgan fingerprint density at radius 3 is 2.44 bits per heavy atom. The van der Waals surface area contributed by atoms with E-state index in [0.29, 0.717) is 17.9 Å². The molecule has 4 atom stereocenters. The van der Waals surface area contributed by atoms with Crippen molar-refractivity contribution in [3.63, 3.8) is 0 Å². The van der Waals surface area contributed by atoms with E-state index in [1.165, 1.54) is 69.7 Å². The Hall–Kier alpha value is -1.51. The molecule has 0 aromatic heterocycles. The Morgan fingerprint density at radius 1 is 0.926 bits per heavy atom. The van der Waals surface area contributed by atoms with E-state index in [0.717, 1.165) is 25.2 Å². The number of hydrogen-bond acceptors (Lipinski definition) is 3. The molecular formula is C24H35NO2.